The van der Waals surface area contributed by atoms with Crippen molar-refractivity contribution in [2.24, 2.45) is 0 Å². The standard InChI is InChI=1S/C36H24N6O4/c1-19-27-29(31-25(17-45-35(31)43)37-33(27)41(39-19)23-12-5-3-6-13-23)21-10-9-11-22(16-21)30-28-20(2)40-42(24-14-7-4-8-15-24)34(28)38-26-18-46-36(44)32(26)30/h3-16H,17-18H2,1-2H3. The summed E-state index contributed by atoms with van der Waals surface area (Å²) in [7, 11) is 0. The Morgan fingerprint density at radius 2 is 1.00 bits per heavy atom. The van der Waals surface area contributed by atoms with Crippen molar-refractivity contribution in [2.75, 3.05) is 0 Å². The van der Waals surface area contributed by atoms with Crippen LogP contribution >= 0.6 is 0 Å². The Balaban J connectivity index is 1.33. The molecule has 0 unspecified atom stereocenters. The van der Waals surface area contributed by atoms with Crippen molar-refractivity contribution >= 4 is 34.0 Å². The summed E-state index contributed by atoms with van der Waals surface area (Å²) in [4.78, 5) is 36.2. The largest absolute Gasteiger partial charge is 0.455 e. The Labute approximate surface area is 261 Å². The Morgan fingerprint density at radius 3 is 1.43 bits per heavy atom. The minimum absolute atomic E-state index is 0.0814. The summed E-state index contributed by atoms with van der Waals surface area (Å²) in [5.74, 6) is -0.847. The molecular weight excluding hydrogens is 580 g/mol. The fourth-order valence-corrected chi connectivity index (χ4v) is 6.69. The molecule has 0 bridgehead atoms. The second-order valence-electron chi connectivity index (χ2n) is 11.4. The molecule has 2 aliphatic heterocycles. The number of ether oxygens (including phenoxy) is 2. The monoisotopic (exact) mass is 604 g/mol. The maximum Gasteiger partial charge on any atom is 0.341 e. The molecule has 9 rings (SSSR count). The summed E-state index contributed by atoms with van der Waals surface area (Å²) in [6.45, 7) is 4.00. The highest BCUT2D eigenvalue weighted by atomic mass is 16.5. The molecule has 0 saturated heterocycles. The Kier molecular flexibility index (Phi) is 5.52. The third kappa shape index (κ3) is 3.70. The van der Waals surface area contributed by atoms with Gasteiger partial charge in [0.05, 0.1) is 56.0 Å². The van der Waals surface area contributed by atoms with Gasteiger partial charge in [0.1, 0.15) is 13.2 Å². The number of carbonyl (C=O) groups excluding carboxylic acids is 2. The van der Waals surface area contributed by atoms with Crippen LogP contribution in [0.15, 0.2) is 84.9 Å². The van der Waals surface area contributed by atoms with E-state index in [2.05, 4.69) is 0 Å². The van der Waals surface area contributed by atoms with Crippen molar-refractivity contribution in [1.82, 2.24) is 29.5 Å². The molecule has 6 heterocycles. The molecule has 10 heteroatoms. The third-order valence-corrected chi connectivity index (χ3v) is 8.66. The van der Waals surface area contributed by atoms with Crippen molar-refractivity contribution < 1.29 is 19.1 Å². The summed E-state index contributed by atoms with van der Waals surface area (Å²) in [5.41, 5.74) is 9.36. The SMILES string of the molecule is Cc1nn(-c2ccccc2)c2nc3c(c(-c4cccc(-c5c6c(nc7c5c(C)nn7-c5ccccc5)COC6=O)c4)c12)C(=O)OC3. The number of pyridine rings is 2. The molecule has 0 aliphatic carbocycles. The number of hydrogen-bond acceptors (Lipinski definition) is 8. The Morgan fingerprint density at radius 1 is 0.565 bits per heavy atom. The molecular formula is C36H24N6O4. The van der Waals surface area contributed by atoms with Crippen LogP contribution in [0.1, 0.15) is 43.5 Å². The predicted octanol–water partition coefficient (Wildman–Crippen LogP) is 6.45. The maximum atomic E-state index is 13.2. The van der Waals surface area contributed by atoms with Gasteiger partial charge in [0.2, 0.25) is 0 Å². The van der Waals surface area contributed by atoms with Crippen LogP contribution in [-0.4, -0.2) is 41.5 Å². The van der Waals surface area contributed by atoms with Crippen LogP contribution < -0.4 is 0 Å². The van der Waals surface area contributed by atoms with Crippen molar-refractivity contribution in [3.63, 3.8) is 0 Å². The number of rotatable bonds is 4. The van der Waals surface area contributed by atoms with E-state index in [1.165, 1.54) is 0 Å². The second-order valence-corrected chi connectivity index (χ2v) is 11.4. The summed E-state index contributed by atoms with van der Waals surface area (Å²) in [5, 5.41) is 11.2. The highest BCUT2D eigenvalue weighted by Gasteiger charge is 2.34. The van der Waals surface area contributed by atoms with Gasteiger partial charge >= 0.3 is 11.9 Å². The van der Waals surface area contributed by atoms with E-state index < -0.39 is 11.9 Å². The lowest BCUT2D eigenvalue weighted by Gasteiger charge is -2.13. The van der Waals surface area contributed by atoms with E-state index in [-0.39, 0.29) is 13.2 Å². The minimum Gasteiger partial charge on any atom is -0.455 e. The molecule has 0 amide bonds. The summed E-state index contributed by atoms with van der Waals surface area (Å²) >= 11 is 0. The van der Waals surface area contributed by atoms with Gasteiger partial charge in [0.25, 0.3) is 0 Å². The van der Waals surface area contributed by atoms with Crippen LogP contribution in [0, 0.1) is 13.8 Å². The van der Waals surface area contributed by atoms with E-state index >= 15 is 0 Å². The number of aryl methyl sites for hydroxylation is 2. The first-order valence-corrected chi connectivity index (χ1v) is 14.9. The lowest BCUT2D eigenvalue weighted by Crippen LogP contribution is -2.04. The highest BCUT2D eigenvalue weighted by molar-refractivity contribution is 6.12. The fraction of sp³-hybridized carbons (Fsp3) is 0.111. The summed E-state index contributed by atoms with van der Waals surface area (Å²) in [6.07, 6.45) is 0. The van der Waals surface area contributed by atoms with Crippen LogP contribution in [0.3, 0.4) is 0 Å². The molecule has 0 N–H and O–H groups in total. The zero-order chi connectivity index (χ0) is 31.1. The maximum absolute atomic E-state index is 13.2. The number of hydrogen-bond donors (Lipinski definition) is 0. The van der Waals surface area contributed by atoms with Gasteiger partial charge < -0.3 is 9.47 Å². The molecule has 0 radical (unpaired) electrons. The van der Waals surface area contributed by atoms with Crippen molar-refractivity contribution in [1.29, 1.82) is 0 Å². The summed E-state index contributed by atoms with van der Waals surface area (Å²) < 4.78 is 14.6. The molecule has 10 nitrogen and oxygen atoms in total. The first-order valence-electron chi connectivity index (χ1n) is 14.9. The minimum atomic E-state index is -0.424. The predicted molar refractivity (Wildman–Crippen MR) is 170 cm³/mol. The van der Waals surface area contributed by atoms with Crippen LogP contribution in [0.5, 0.6) is 0 Å². The second kappa shape index (κ2) is 9.67. The molecule has 0 spiro atoms. The average Bonchev–Trinajstić information content (AvgIpc) is 3.84. The fourth-order valence-electron chi connectivity index (χ4n) is 6.69. The molecule has 0 fully saturated rings. The van der Waals surface area contributed by atoms with Crippen LogP contribution in [-0.2, 0) is 22.7 Å². The molecule has 4 aromatic heterocycles. The average molecular weight is 605 g/mol. The first kappa shape index (κ1) is 26.3. The Bertz CT molecular complexity index is 2260. The molecule has 0 saturated carbocycles. The normalized spacial score (nSPS) is 13.7. The van der Waals surface area contributed by atoms with Crippen molar-refractivity contribution in [2.45, 2.75) is 27.1 Å². The van der Waals surface area contributed by atoms with E-state index in [9.17, 15) is 9.59 Å². The number of aromatic nitrogens is 6. The van der Waals surface area contributed by atoms with E-state index in [0.29, 0.717) is 44.9 Å². The van der Waals surface area contributed by atoms with Gasteiger partial charge in [-0.15, -0.1) is 0 Å². The van der Waals surface area contributed by atoms with Crippen molar-refractivity contribution in [3.05, 3.63) is 119 Å². The smallest absolute Gasteiger partial charge is 0.341 e. The number of carbonyl (C=O) groups is 2. The lowest BCUT2D eigenvalue weighted by atomic mass is 9.90. The lowest BCUT2D eigenvalue weighted by molar-refractivity contribution is 0.0525. The third-order valence-electron chi connectivity index (χ3n) is 8.66. The van der Waals surface area contributed by atoms with Gasteiger partial charge in [-0.1, -0.05) is 54.6 Å². The van der Waals surface area contributed by atoms with Crippen LogP contribution in [0.2, 0.25) is 0 Å². The van der Waals surface area contributed by atoms with E-state index in [0.717, 1.165) is 44.7 Å². The molecule has 46 heavy (non-hydrogen) atoms. The molecule has 0 atom stereocenters. The number of nitrogens with zero attached hydrogens (tertiary/aromatic N) is 6. The number of cyclic esters (lactones) is 2. The topological polar surface area (TPSA) is 114 Å². The van der Waals surface area contributed by atoms with Crippen LogP contribution in [0.4, 0.5) is 0 Å². The summed E-state index contributed by atoms with van der Waals surface area (Å²) in [6, 6.07) is 27.4. The number of esters is 2. The quantitative estimate of drug-likeness (QED) is 0.211. The molecule has 7 aromatic rings. The van der Waals surface area contributed by atoms with Gasteiger partial charge in [-0.05, 0) is 55.3 Å². The zero-order valence-electron chi connectivity index (χ0n) is 24.8. The van der Waals surface area contributed by atoms with Gasteiger partial charge in [0.15, 0.2) is 11.3 Å². The van der Waals surface area contributed by atoms with Gasteiger partial charge in [-0.25, -0.2) is 28.9 Å². The Hall–Kier alpha value is -6.16. The van der Waals surface area contributed by atoms with Crippen molar-refractivity contribution in [3.8, 4) is 33.6 Å². The number of benzene rings is 3. The molecule has 222 valence electrons. The van der Waals surface area contributed by atoms with E-state index in [4.69, 9.17) is 29.6 Å². The molecule has 3 aromatic carbocycles. The van der Waals surface area contributed by atoms with Gasteiger partial charge in [0, 0.05) is 11.1 Å². The molecule has 2 aliphatic rings. The first-order chi connectivity index (χ1) is 22.5. The zero-order valence-corrected chi connectivity index (χ0v) is 24.8. The van der Waals surface area contributed by atoms with Gasteiger partial charge in [-0.3, -0.25) is 0 Å². The van der Waals surface area contributed by atoms with Gasteiger partial charge in [-0.2, -0.15) is 10.2 Å². The highest BCUT2D eigenvalue weighted by Crippen LogP contribution is 2.43. The van der Waals surface area contributed by atoms with E-state index in [1.807, 2.05) is 98.8 Å². The van der Waals surface area contributed by atoms with Crippen LogP contribution in [0.25, 0.3) is 55.7 Å². The number of fused-ring (bicyclic) bond motifs is 4. The number of para-hydroxylation sites is 2. The van der Waals surface area contributed by atoms with E-state index in [1.54, 1.807) is 9.36 Å².